The smallest absolute Gasteiger partial charge is 0.228 e. The van der Waals surface area contributed by atoms with Gasteiger partial charge in [-0.3, -0.25) is 4.79 Å². The van der Waals surface area contributed by atoms with Gasteiger partial charge in [-0.1, -0.05) is 25.1 Å². The fraction of sp³-hybridized carbons (Fsp3) is 0.188. The van der Waals surface area contributed by atoms with Crippen molar-refractivity contribution in [2.45, 2.75) is 6.92 Å². The maximum Gasteiger partial charge on any atom is 0.228 e. The molecule has 0 aliphatic carbocycles. The van der Waals surface area contributed by atoms with Gasteiger partial charge in [0.05, 0.1) is 0 Å². The van der Waals surface area contributed by atoms with E-state index in [1.165, 1.54) is 0 Å². The lowest BCUT2D eigenvalue weighted by Crippen LogP contribution is -2.21. The topological polar surface area (TPSA) is 38.3 Å². The molecule has 0 spiro atoms. The first-order chi connectivity index (χ1) is 9.69. The number of carbonyl (C=O) groups is 1. The van der Waals surface area contributed by atoms with Crippen LogP contribution in [0.2, 0.25) is 0 Å². The molecule has 2 aromatic rings. The number of para-hydroxylation sites is 1. The molecular weight excluding hydrogens is 274 g/mol. The highest BCUT2D eigenvalue weighted by molar-refractivity contribution is 6.19. The van der Waals surface area contributed by atoms with Crippen molar-refractivity contribution in [3.8, 4) is 11.5 Å². The van der Waals surface area contributed by atoms with Crippen molar-refractivity contribution in [1.82, 2.24) is 0 Å². The minimum Gasteiger partial charge on any atom is -0.457 e. The van der Waals surface area contributed by atoms with Crippen LogP contribution < -0.4 is 10.1 Å². The molecule has 4 heteroatoms. The van der Waals surface area contributed by atoms with Crippen LogP contribution >= 0.6 is 11.6 Å². The van der Waals surface area contributed by atoms with E-state index in [1.54, 1.807) is 19.1 Å². The van der Waals surface area contributed by atoms with E-state index in [4.69, 9.17) is 16.3 Å². The third-order valence-electron chi connectivity index (χ3n) is 2.78. The lowest BCUT2D eigenvalue weighted by atomic mass is 10.2. The van der Waals surface area contributed by atoms with Crippen LogP contribution in [0.4, 0.5) is 5.69 Å². The summed E-state index contributed by atoms with van der Waals surface area (Å²) in [5.74, 6) is 1.51. The molecule has 0 bridgehead atoms. The normalized spacial score (nSPS) is 11.7. The Morgan fingerprint density at radius 3 is 2.30 bits per heavy atom. The summed E-state index contributed by atoms with van der Waals surface area (Å²) < 4.78 is 5.67. The summed E-state index contributed by atoms with van der Waals surface area (Å²) in [5, 5.41) is 2.80. The van der Waals surface area contributed by atoms with Crippen molar-refractivity contribution >= 4 is 23.2 Å². The largest absolute Gasteiger partial charge is 0.457 e. The van der Waals surface area contributed by atoms with Gasteiger partial charge < -0.3 is 10.1 Å². The Morgan fingerprint density at radius 1 is 1.10 bits per heavy atom. The zero-order chi connectivity index (χ0) is 14.4. The van der Waals surface area contributed by atoms with Crippen LogP contribution in [-0.2, 0) is 4.79 Å². The van der Waals surface area contributed by atoms with E-state index in [0.717, 1.165) is 17.2 Å². The molecule has 1 unspecified atom stereocenters. The van der Waals surface area contributed by atoms with Crippen molar-refractivity contribution in [2.24, 2.45) is 5.92 Å². The van der Waals surface area contributed by atoms with E-state index >= 15 is 0 Å². The molecule has 3 nitrogen and oxygen atoms in total. The fourth-order valence-electron chi connectivity index (χ4n) is 1.57. The number of benzene rings is 2. The number of amides is 1. The second-order valence-corrected chi connectivity index (χ2v) is 4.79. The van der Waals surface area contributed by atoms with Crippen molar-refractivity contribution in [2.75, 3.05) is 11.2 Å². The van der Waals surface area contributed by atoms with Gasteiger partial charge in [-0.05, 0) is 36.4 Å². The van der Waals surface area contributed by atoms with E-state index in [9.17, 15) is 4.79 Å². The first-order valence-corrected chi connectivity index (χ1v) is 6.92. The van der Waals surface area contributed by atoms with Crippen LogP contribution in [0, 0.1) is 5.92 Å². The highest BCUT2D eigenvalue weighted by atomic mass is 35.5. The Balaban J connectivity index is 1.98. The number of alkyl halides is 1. The van der Waals surface area contributed by atoms with Crippen LogP contribution in [-0.4, -0.2) is 11.8 Å². The second-order valence-electron chi connectivity index (χ2n) is 4.48. The van der Waals surface area contributed by atoms with Crippen LogP contribution in [0.1, 0.15) is 6.92 Å². The lowest BCUT2D eigenvalue weighted by molar-refractivity contribution is -0.118. The molecule has 0 aliphatic rings. The summed E-state index contributed by atoms with van der Waals surface area (Å²) in [6.45, 7) is 1.79. The summed E-state index contributed by atoms with van der Waals surface area (Å²) in [4.78, 5) is 11.7. The molecule has 0 saturated carbocycles. The molecule has 1 N–H and O–H groups in total. The van der Waals surface area contributed by atoms with Gasteiger partial charge in [0.2, 0.25) is 5.91 Å². The van der Waals surface area contributed by atoms with Crippen LogP contribution in [0.5, 0.6) is 11.5 Å². The molecular formula is C16H16ClNO2. The Bertz CT molecular complexity index is 554. The second kappa shape index (κ2) is 6.96. The minimum atomic E-state index is -0.211. The van der Waals surface area contributed by atoms with E-state index in [-0.39, 0.29) is 11.8 Å². The molecule has 1 atom stereocenters. The van der Waals surface area contributed by atoms with Gasteiger partial charge in [0.15, 0.2) is 0 Å². The number of carbonyl (C=O) groups excluding carboxylic acids is 1. The first kappa shape index (κ1) is 14.4. The molecule has 0 aromatic heterocycles. The number of hydrogen-bond donors (Lipinski definition) is 1. The molecule has 0 saturated heterocycles. The summed E-state index contributed by atoms with van der Waals surface area (Å²) in [6, 6.07) is 16.8. The molecule has 2 rings (SSSR count). The molecule has 20 heavy (non-hydrogen) atoms. The first-order valence-electron chi connectivity index (χ1n) is 6.39. The summed E-state index contributed by atoms with van der Waals surface area (Å²) in [5.41, 5.74) is 0.729. The predicted molar refractivity (Wildman–Crippen MR) is 81.5 cm³/mol. The third kappa shape index (κ3) is 4.00. The molecule has 104 valence electrons. The van der Waals surface area contributed by atoms with E-state index in [1.807, 2.05) is 42.5 Å². The molecule has 0 radical (unpaired) electrons. The fourth-order valence-corrected chi connectivity index (χ4v) is 1.71. The number of rotatable bonds is 5. The molecule has 0 aliphatic heterocycles. The van der Waals surface area contributed by atoms with Crippen LogP contribution in [0.3, 0.4) is 0 Å². The summed E-state index contributed by atoms with van der Waals surface area (Å²) in [6.07, 6.45) is 0. The van der Waals surface area contributed by atoms with Crippen molar-refractivity contribution in [3.63, 3.8) is 0 Å². The number of anilines is 1. The highest BCUT2D eigenvalue weighted by Gasteiger charge is 2.11. The average molecular weight is 290 g/mol. The standard InChI is InChI=1S/C16H16ClNO2/c1-12(11-17)16(19)18-13-7-9-15(10-8-13)20-14-5-3-2-4-6-14/h2-10,12H,11H2,1H3,(H,18,19). The van der Waals surface area contributed by atoms with Crippen LogP contribution in [0.25, 0.3) is 0 Å². The predicted octanol–water partition coefficient (Wildman–Crippen LogP) is 4.29. The van der Waals surface area contributed by atoms with Crippen molar-refractivity contribution in [1.29, 1.82) is 0 Å². The Morgan fingerprint density at radius 2 is 1.70 bits per heavy atom. The van der Waals surface area contributed by atoms with E-state index in [2.05, 4.69) is 5.32 Å². The monoisotopic (exact) mass is 289 g/mol. The summed E-state index contributed by atoms with van der Waals surface area (Å²) in [7, 11) is 0. The number of nitrogens with one attached hydrogen (secondary N) is 1. The minimum absolute atomic E-state index is 0.0864. The van der Waals surface area contributed by atoms with E-state index in [0.29, 0.717) is 5.88 Å². The number of hydrogen-bond acceptors (Lipinski definition) is 2. The molecule has 0 heterocycles. The Kier molecular flexibility index (Phi) is 5.02. The maximum absolute atomic E-state index is 11.7. The summed E-state index contributed by atoms with van der Waals surface area (Å²) >= 11 is 5.65. The van der Waals surface area contributed by atoms with Gasteiger partial charge in [-0.15, -0.1) is 11.6 Å². The van der Waals surface area contributed by atoms with Crippen LogP contribution in [0.15, 0.2) is 54.6 Å². The average Bonchev–Trinajstić information content (AvgIpc) is 2.49. The Labute approximate surface area is 123 Å². The Hall–Kier alpha value is -2.00. The highest BCUT2D eigenvalue weighted by Crippen LogP contribution is 2.22. The molecule has 2 aromatic carbocycles. The maximum atomic E-state index is 11.7. The number of ether oxygens (including phenoxy) is 1. The van der Waals surface area contributed by atoms with Gasteiger partial charge in [-0.2, -0.15) is 0 Å². The zero-order valence-corrected chi connectivity index (χ0v) is 11.9. The lowest BCUT2D eigenvalue weighted by Gasteiger charge is -2.10. The van der Waals surface area contributed by atoms with Gasteiger partial charge in [0, 0.05) is 17.5 Å². The van der Waals surface area contributed by atoms with Gasteiger partial charge in [0.1, 0.15) is 11.5 Å². The van der Waals surface area contributed by atoms with Gasteiger partial charge in [-0.25, -0.2) is 0 Å². The third-order valence-corrected chi connectivity index (χ3v) is 3.24. The van der Waals surface area contributed by atoms with Gasteiger partial charge in [0.25, 0.3) is 0 Å². The SMILES string of the molecule is CC(CCl)C(=O)Nc1ccc(Oc2ccccc2)cc1. The van der Waals surface area contributed by atoms with Crippen molar-refractivity contribution in [3.05, 3.63) is 54.6 Å². The molecule has 0 fully saturated rings. The van der Waals surface area contributed by atoms with E-state index < -0.39 is 0 Å². The van der Waals surface area contributed by atoms with Gasteiger partial charge >= 0.3 is 0 Å². The zero-order valence-electron chi connectivity index (χ0n) is 11.2. The number of halogens is 1. The van der Waals surface area contributed by atoms with Crippen molar-refractivity contribution < 1.29 is 9.53 Å². The quantitative estimate of drug-likeness (QED) is 0.834. The molecule has 1 amide bonds.